The van der Waals surface area contributed by atoms with Gasteiger partial charge in [-0.3, -0.25) is 0 Å². The van der Waals surface area contributed by atoms with Gasteiger partial charge in [0.2, 0.25) is 0 Å². The number of sulfone groups is 1. The third kappa shape index (κ3) is 4.58. The first-order valence-electron chi connectivity index (χ1n) is 5.32. The number of rotatable bonds is 6. The third-order valence-electron chi connectivity index (χ3n) is 2.32. The molecule has 1 heterocycles. The quantitative estimate of drug-likeness (QED) is 0.725. The Morgan fingerprint density at radius 3 is 2.39 bits per heavy atom. The average molecular weight is 315 g/mol. The highest BCUT2D eigenvalue weighted by molar-refractivity contribution is 8.13. The lowest BCUT2D eigenvalue weighted by molar-refractivity contribution is 0.587. The van der Waals surface area contributed by atoms with Crippen LogP contribution in [-0.2, 0) is 31.9 Å². The monoisotopic (exact) mass is 314 g/mol. The van der Waals surface area contributed by atoms with Crippen LogP contribution in [0.4, 0.5) is 0 Å². The van der Waals surface area contributed by atoms with Gasteiger partial charge >= 0.3 is 0 Å². The minimum atomic E-state index is -3.85. The van der Waals surface area contributed by atoms with Crippen LogP contribution in [0.25, 0.3) is 0 Å². The van der Waals surface area contributed by atoms with Crippen molar-refractivity contribution in [2.75, 3.05) is 12.0 Å². The summed E-state index contributed by atoms with van der Waals surface area (Å²) in [4.78, 5) is 3.91. The molecule has 1 rings (SSSR count). The van der Waals surface area contributed by atoms with Gasteiger partial charge in [-0.25, -0.2) is 21.8 Å². The van der Waals surface area contributed by atoms with Crippen LogP contribution in [0, 0.1) is 0 Å². The van der Waals surface area contributed by atoms with Crippen molar-refractivity contribution in [3.63, 3.8) is 0 Å². The minimum Gasteiger partial charge on any atom is -0.333 e. The zero-order valence-electron chi connectivity index (χ0n) is 10.1. The number of imidazole rings is 1. The highest BCUT2D eigenvalue weighted by atomic mass is 35.7. The minimum absolute atomic E-state index is 0.0529. The molecule has 0 spiro atoms. The second kappa shape index (κ2) is 5.58. The van der Waals surface area contributed by atoms with Gasteiger partial charge in [-0.1, -0.05) is 6.92 Å². The summed E-state index contributed by atoms with van der Waals surface area (Å²) in [5, 5.41) is -0.194. The molecule has 0 amide bonds. The fraction of sp³-hybridized carbons (Fsp3) is 0.667. The van der Waals surface area contributed by atoms with Crippen LogP contribution in [0.15, 0.2) is 11.2 Å². The molecule has 0 saturated heterocycles. The van der Waals surface area contributed by atoms with Gasteiger partial charge in [0.15, 0.2) is 5.03 Å². The molecule has 0 aromatic carbocycles. The summed E-state index contributed by atoms with van der Waals surface area (Å²) >= 11 is 0. The van der Waals surface area contributed by atoms with Crippen LogP contribution in [0.2, 0.25) is 0 Å². The summed E-state index contributed by atoms with van der Waals surface area (Å²) < 4.78 is 45.9. The maximum Gasteiger partial charge on any atom is 0.280 e. The molecule has 9 heteroatoms. The second-order valence-electron chi connectivity index (χ2n) is 3.96. The molecular weight excluding hydrogens is 300 g/mol. The van der Waals surface area contributed by atoms with E-state index in [1.165, 1.54) is 6.20 Å². The first-order chi connectivity index (χ1) is 8.13. The molecule has 0 bridgehead atoms. The van der Waals surface area contributed by atoms with Crippen molar-refractivity contribution in [1.29, 1.82) is 0 Å². The second-order valence-corrected chi connectivity index (χ2v) is 8.74. The van der Waals surface area contributed by atoms with Crippen LogP contribution in [0.1, 0.15) is 19.2 Å². The molecule has 0 atom stereocenters. The molecule has 0 N–H and O–H groups in total. The molecule has 1 aromatic heterocycles. The highest BCUT2D eigenvalue weighted by Gasteiger charge is 2.17. The number of halogens is 1. The first-order valence-corrected chi connectivity index (χ1v) is 9.69. The van der Waals surface area contributed by atoms with E-state index in [1.807, 2.05) is 6.92 Å². The first kappa shape index (κ1) is 15.5. The Hall–Kier alpha value is -0.600. The number of nitrogens with zero attached hydrogens (tertiary/aromatic N) is 2. The average Bonchev–Trinajstić information content (AvgIpc) is 2.58. The molecule has 18 heavy (non-hydrogen) atoms. The highest BCUT2D eigenvalue weighted by Crippen LogP contribution is 2.15. The fourth-order valence-corrected chi connectivity index (χ4v) is 2.86. The standard InChI is InChI=1S/C9H15ClN2O4S2/c1-3-8-11-9(18(10,15)16)7-12(8)5-4-6-17(2,13)14/h7H,3-6H2,1-2H3. The van der Waals surface area contributed by atoms with Gasteiger partial charge in [0.1, 0.15) is 15.7 Å². The van der Waals surface area contributed by atoms with Gasteiger partial charge in [0.05, 0.1) is 5.75 Å². The summed E-state index contributed by atoms with van der Waals surface area (Å²) in [7, 11) is -1.65. The van der Waals surface area contributed by atoms with Gasteiger partial charge in [-0.05, 0) is 6.42 Å². The number of aromatic nitrogens is 2. The molecule has 0 aliphatic carbocycles. The van der Waals surface area contributed by atoms with Crippen molar-refractivity contribution >= 4 is 29.6 Å². The van der Waals surface area contributed by atoms with Crippen molar-refractivity contribution in [3.05, 3.63) is 12.0 Å². The predicted molar refractivity (Wildman–Crippen MR) is 69.0 cm³/mol. The van der Waals surface area contributed by atoms with Crippen molar-refractivity contribution < 1.29 is 16.8 Å². The molecule has 6 nitrogen and oxygen atoms in total. The van der Waals surface area contributed by atoms with Gasteiger partial charge in [0, 0.05) is 36.1 Å². The van der Waals surface area contributed by atoms with E-state index in [4.69, 9.17) is 10.7 Å². The predicted octanol–water partition coefficient (Wildman–Crippen LogP) is 0.808. The fourth-order valence-electron chi connectivity index (χ4n) is 1.52. The zero-order valence-corrected chi connectivity index (χ0v) is 12.5. The number of hydrogen-bond acceptors (Lipinski definition) is 5. The van der Waals surface area contributed by atoms with Crippen LogP contribution < -0.4 is 0 Å². The van der Waals surface area contributed by atoms with Gasteiger partial charge in [-0.15, -0.1) is 0 Å². The summed E-state index contributed by atoms with van der Waals surface area (Å²) in [6.07, 6.45) is 3.45. The summed E-state index contributed by atoms with van der Waals surface area (Å²) in [5.74, 6) is 0.625. The largest absolute Gasteiger partial charge is 0.333 e. The lowest BCUT2D eigenvalue weighted by Crippen LogP contribution is -2.08. The van der Waals surface area contributed by atoms with E-state index in [1.54, 1.807) is 4.57 Å². The number of hydrogen-bond donors (Lipinski definition) is 0. The summed E-state index contributed by atoms with van der Waals surface area (Å²) in [6.45, 7) is 2.23. The summed E-state index contributed by atoms with van der Waals surface area (Å²) in [6, 6.07) is 0. The van der Waals surface area contributed by atoms with Crippen LogP contribution >= 0.6 is 10.7 Å². The van der Waals surface area contributed by atoms with Crippen molar-refractivity contribution in [1.82, 2.24) is 9.55 Å². The van der Waals surface area contributed by atoms with E-state index in [-0.39, 0.29) is 10.8 Å². The molecule has 1 aromatic rings. The van der Waals surface area contributed by atoms with E-state index in [9.17, 15) is 16.8 Å². The van der Waals surface area contributed by atoms with E-state index in [0.717, 1.165) is 6.26 Å². The van der Waals surface area contributed by atoms with E-state index < -0.39 is 18.9 Å². The molecule has 0 aliphatic rings. The Balaban J connectivity index is 2.86. The van der Waals surface area contributed by atoms with E-state index in [0.29, 0.717) is 25.2 Å². The zero-order chi connectivity index (χ0) is 14.0. The normalized spacial score (nSPS) is 12.8. The van der Waals surface area contributed by atoms with Gasteiger partial charge in [-0.2, -0.15) is 0 Å². The molecule has 104 valence electrons. The van der Waals surface area contributed by atoms with Gasteiger partial charge in [0.25, 0.3) is 9.05 Å². The van der Waals surface area contributed by atoms with E-state index in [2.05, 4.69) is 4.98 Å². The summed E-state index contributed by atoms with van der Waals surface area (Å²) in [5.41, 5.74) is 0. The Morgan fingerprint density at radius 2 is 1.94 bits per heavy atom. The van der Waals surface area contributed by atoms with Crippen LogP contribution in [0.5, 0.6) is 0 Å². The van der Waals surface area contributed by atoms with Crippen molar-refractivity contribution in [3.8, 4) is 0 Å². The molecular formula is C9H15ClN2O4S2. The molecule has 0 fully saturated rings. The lowest BCUT2D eigenvalue weighted by atomic mass is 10.4. The number of aryl methyl sites for hydroxylation is 2. The van der Waals surface area contributed by atoms with Crippen molar-refractivity contribution in [2.24, 2.45) is 0 Å². The van der Waals surface area contributed by atoms with Crippen LogP contribution in [0.3, 0.4) is 0 Å². The Kier molecular flexibility index (Phi) is 4.79. The smallest absolute Gasteiger partial charge is 0.280 e. The van der Waals surface area contributed by atoms with Crippen molar-refractivity contribution in [2.45, 2.75) is 31.3 Å². The lowest BCUT2D eigenvalue weighted by Gasteiger charge is -2.04. The maximum atomic E-state index is 11.1. The molecule has 0 unspecified atom stereocenters. The molecule has 0 radical (unpaired) electrons. The maximum absolute atomic E-state index is 11.1. The Labute approximate surface area is 111 Å². The van der Waals surface area contributed by atoms with Crippen LogP contribution in [-0.4, -0.2) is 38.4 Å². The SMILES string of the molecule is CCc1nc(S(=O)(=O)Cl)cn1CCCS(C)(=O)=O. The molecule has 0 aliphatic heterocycles. The Morgan fingerprint density at radius 1 is 1.33 bits per heavy atom. The van der Waals surface area contributed by atoms with E-state index >= 15 is 0 Å². The topological polar surface area (TPSA) is 86.1 Å². The molecule has 0 saturated carbocycles. The Bertz CT molecular complexity index is 619. The van der Waals surface area contributed by atoms with Gasteiger partial charge < -0.3 is 4.57 Å². The third-order valence-corrected chi connectivity index (χ3v) is 4.52.